The zero-order valence-corrected chi connectivity index (χ0v) is 30.5. The predicted octanol–water partition coefficient (Wildman–Crippen LogP) is 4.81. The first kappa shape index (κ1) is 36.3. The van der Waals surface area contributed by atoms with Crippen LogP contribution in [-0.4, -0.2) is 87.6 Å². The van der Waals surface area contributed by atoms with E-state index in [1.807, 2.05) is 67.3 Å². The number of carbonyl (C=O) groups excluding carboxylic acids is 4. The zero-order valence-electron chi connectivity index (χ0n) is 28.9. The van der Waals surface area contributed by atoms with Crippen molar-refractivity contribution in [3.05, 3.63) is 58.6 Å². The van der Waals surface area contributed by atoms with Crippen molar-refractivity contribution >= 4 is 39.6 Å². The topological polar surface area (TPSA) is 125 Å². The number of likely N-dealkylation sites (tertiary alicyclic amines) is 1. The first-order valence-corrected chi connectivity index (χ1v) is 17.9. The van der Waals surface area contributed by atoms with Crippen LogP contribution in [0.15, 0.2) is 53.0 Å². The van der Waals surface area contributed by atoms with Crippen LogP contribution in [0.1, 0.15) is 85.3 Å². The molecule has 0 aliphatic carbocycles. The number of ether oxygens (including phenoxy) is 2. The number of aliphatic hydroxyl groups is 1. The van der Waals surface area contributed by atoms with Gasteiger partial charge in [-0.25, -0.2) is 0 Å². The first-order chi connectivity index (χ1) is 22.6. The van der Waals surface area contributed by atoms with E-state index in [9.17, 15) is 19.5 Å². The van der Waals surface area contributed by atoms with Crippen LogP contribution < -0.4 is 5.32 Å². The van der Waals surface area contributed by atoms with E-state index in [1.54, 1.807) is 11.8 Å². The molecule has 4 aliphatic heterocycles. The molecule has 48 heavy (non-hydrogen) atoms. The lowest BCUT2D eigenvalue weighted by atomic mass is 9.74. The lowest BCUT2D eigenvalue weighted by molar-refractivity contribution is -0.161. The van der Waals surface area contributed by atoms with Crippen molar-refractivity contribution in [1.82, 2.24) is 15.1 Å². The minimum atomic E-state index is -1.39. The van der Waals surface area contributed by atoms with Gasteiger partial charge in [0.25, 0.3) is 0 Å². The monoisotopic (exact) mass is 727 g/mol. The molecule has 4 aliphatic rings. The SMILES string of the molecule is C[C@@H]1NC(=O)CC/C=C\CN(C(C)(C)CC(C)(C)C)C(=O)[C@H]2N(CCCCO)C(=O)[C@@H]3[C@@H](C(=O)O[C@H]1c1ccccc1)[C@@H]1O[C@@]32C=C1Br. The molecule has 2 fully saturated rings. The molecular formula is C37H50BrN3O7. The number of nitrogens with zero attached hydrogens (tertiary/aromatic N) is 2. The molecule has 5 rings (SSSR count). The van der Waals surface area contributed by atoms with Crippen LogP contribution in [0.5, 0.6) is 0 Å². The summed E-state index contributed by atoms with van der Waals surface area (Å²) in [5.74, 6) is -3.42. The lowest BCUT2D eigenvalue weighted by Gasteiger charge is -2.45. The van der Waals surface area contributed by atoms with Gasteiger partial charge in [0.05, 0.1) is 12.0 Å². The number of allylic oxidation sites excluding steroid dienone is 1. The maximum atomic E-state index is 15.1. The molecule has 11 heteroatoms. The van der Waals surface area contributed by atoms with Crippen molar-refractivity contribution in [2.45, 2.75) is 109 Å². The van der Waals surface area contributed by atoms with E-state index in [0.717, 1.165) is 0 Å². The molecule has 7 atom stereocenters. The number of esters is 1. The van der Waals surface area contributed by atoms with Crippen LogP contribution in [-0.2, 0) is 28.7 Å². The van der Waals surface area contributed by atoms with Gasteiger partial charge in [0.15, 0.2) is 0 Å². The second-order valence-electron chi connectivity index (χ2n) is 15.4. The van der Waals surface area contributed by atoms with Crippen molar-refractivity contribution in [2.24, 2.45) is 17.3 Å². The maximum Gasteiger partial charge on any atom is 0.313 e. The van der Waals surface area contributed by atoms with E-state index in [4.69, 9.17) is 9.47 Å². The van der Waals surface area contributed by atoms with E-state index in [0.29, 0.717) is 35.7 Å². The highest BCUT2D eigenvalue weighted by Crippen LogP contribution is 2.59. The van der Waals surface area contributed by atoms with Crippen molar-refractivity contribution in [3.8, 4) is 0 Å². The smallest absolute Gasteiger partial charge is 0.313 e. The average molecular weight is 729 g/mol. The molecule has 0 aromatic heterocycles. The summed E-state index contributed by atoms with van der Waals surface area (Å²) in [7, 11) is 0. The number of cyclic esters (lactones) is 1. The van der Waals surface area contributed by atoms with Crippen molar-refractivity contribution in [1.29, 1.82) is 0 Å². The van der Waals surface area contributed by atoms with Gasteiger partial charge in [-0.1, -0.05) is 79.2 Å². The molecule has 1 aromatic rings. The van der Waals surface area contributed by atoms with E-state index in [-0.39, 0.29) is 49.3 Å². The van der Waals surface area contributed by atoms with Crippen LogP contribution in [0.25, 0.3) is 0 Å². The van der Waals surface area contributed by atoms with E-state index in [2.05, 4.69) is 42.0 Å². The molecule has 1 aromatic carbocycles. The van der Waals surface area contributed by atoms with Gasteiger partial charge < -0.3 is 29.7 Å². The summed E-state index contributed by atoms with van der Waals surface area (Å²) in [5.41, 5.74) is -1.42. The zero-order chi connectivity index (χ0) is 35.0. The number of halogens is 1. The van der Waals surface area contributed by atoms with Gasteiger partial charge in [-0.2, -0.15) is 0 Å². The van der Waals surface area contributed by atoms with Gasteiger partial charge in [0, 0.05) is 36.1 Å². The summed E-state index contributed by atoms with van der Waals surface area (Å²) >= 11 is 3.63. The number of nitrogens with one attached hydrogen (secondary N) is 1. The number of carbonyl (C=O) groups is 4. The van der Waals surface area contributed by atoms with Crippen molar-refractivity contribution in [2.75, 3.05) is 19.7 Å². The fourth-order valence-electron chi connectivity index (χ4n) is 8.30. The van der Waals surface area contributed by atoms with E-state index < -0.39 is 53.2 Å². The van der Waals surface area contributed by atoms with Crippen LogP contribution in [0.4, 0.5) is 0 Å². The molecule has 2 saturated heterocycles. The highest BCUT2D eigenvalue weighted by atomic mass is 79.9. The average Bonchev–Trinajstić information content (AvgIpc) is 3.59. The largest absolute Gasteiger partial charge is 0.455 e. The molecule has 4 heterocycles. The Balaban J connectivity index is 1.63. The fourth-order valence-corrected chi connectivity index (χ4v) is 9.03. The van der Waals surface area contributed by atoms with Crippen LogP contribution in [0.2, 0.25) is 0 Å². The molecule has 5 bridgehead atoms. The molecular weight excluding hydrogens is 678 g/mol. The number of amides is 3. The minimum absolute atomic E-state index is 0.0423. The van der Waals surface area contributed by atoms with E-state index in [1.165, 1.54) is 0 Å². The lowest BCUT2D eigenvalue weighted by Crippen LogP contribution is -2.60. The Bertz CT molecular complexity index is 1450. The Hall–Kier alpha value is -3.02. The van der Waals surface area contributed by atoms with Crippen LogP contribution in [0.3, 0.4) is 0 Å². The second-order valence-corrected chi connectivity index (χ2v) is 16.3. The summed E-state index contributed by atoms with van der Waals surface area (Å²) in [4.78, 5) is 60.5. The number of aliphatic hydroxyl groups excluding tert-OH is 1. The van der Waals surface area contributed by atoms with Gasteiger partial charge in [-0.3, -0.25) is 19.2 Å². The highest BCUT2D eigenvalue weighted by molar-refractivity contribution is 9.11. The standard InChI is InChI=1S/C37H50BrN3O7/c1-23-29(24-15-9-7-10-16-24)47-34(46)27-28-32(44)40(18-13-14-20-42)31(37(28)21-25(38)30(27)48-37)33(45)41(36(5,6)22-35(2,3)4)19-12-8-11-17-26(43)39-23/h7-10,12,15-16,21,23,27-31,42H,11,13-14,17-20,22H2,1-6H3,(H,39,43)/b12-8-/t23-,27+,28-,29+,30+,31+,37-/m0/s1. The third-order valence-electron chi connectivity index (χ3n) is 9.91. The van der Waals surface area contributed by atoms with Crippen molar-refractivity contribution in [3.63, 3.8) is 0 Å². The van der Waals surface area contributed by atoms with Crippen LogP contribution >= 0.6 is 15.9 Å². The summed E-state index contributed by atoms with van der Waals surface area (Å²) in [6.07, 6.45) is 6.32. The molecule has 2 N–H and O–H groups in total. The Morgan fingerprint density at radius 2 is 1.71 bits per heavy atom. The fraction of sp³-hybridized carbons (Fsp3) is 0.622. The number of unbranched alkanes of at least 4 members (excludes halogenated alkanes) is 1. The third kappa shape index (κ3) is 7.01. The quantitative estimate of drug-likeness (QED) is 0.235. The Kier molecular flexibility index (Phi) is 10.6. The highest BCUT2D eigenvalue weighted by Gasteiger charge is 2.75. The Morgan fingerprint density at radius 3 is 2.38 bits per heavy atom. The summed E-state index contributed by atoms with van der Waals surface area (Å²) in [6.45, 7) is 12.7. The molecule has 0 unspecified atom stereocenters. The summed E-state index contributed by atoms with van der Waals surface area (Å²) in [6, 6.07) is 7.63. The number of hydrogen-bond acceptors (Lipinski definition) is 7. The normalized spacial score (nSPS) is 32.2. The molecule has 10 nitrogen and oxygen atoms in total. The summed E-state index contributed by atoms with van der Waals surface area (Å²) in [5, 5.41) is 12.6. The Morgan fingerprint density at radius 1 is 1.00 bits per heavy atom. The first-order valence-electron chi connectivity index (χ1n) is 17.1. The van der Waals surface area contributed by atoms with Crippen molar-refractivity contribution < 1.29 is 33.8 Å². The number of hydrogen-bond donors (Lipinski definition) is 2. The third-order valence-corrected chi connectivity index (χ3v) is 10.6. The summed E-state index contributed by atoms with van der Waals surface area (Å²) < 4.78 is 13.5. The number of benzene rings is 1. The maximum absolute atomic E-state index is 15.1. The van der Waals surface area contributed by atoms with Gasteiger partial charge in [0.2, 0.25) is 17.7 Å². The molecule has 0 radical (unpaired) electrons. The van der Waals surface area contributed by atoms with Gasteiger partial charge in [-0.05, 0) is 63.5 Å². The van der Waals surface area contributed by atoms with Gasteiger partial charge in [0.1, 0.15) is 29.8 Å². The number of fused-ring (bicyclic) bond motifs is 2. The number of rotatable bonds is 7. The molecule has 1 spiro atoms. The molecule has 0 saturated carbocycles. The molecule has 262 valence electrons. The second kappa shape index (κ2) is 14.1. The van der Waals surface area contributed by atoms with Crippen LogP contribution in [0, 0.1) is 17.3 Å². The molecule has 3 amide bonds. The van der Waals surface area contributed by atoms with E-state index >= 15 is 4.79 Å². The Labute approximate surface area is 292 Å². The van der Waals surface area contributed by atoms with Gasteiger partial charge in [-0.15, -0.1) is 0 Å². The predicted molar refractivity (Wildman–Crippen MR) is 185 cm³/mol. The minimum Gasteiger partial charge on any atom is -0.455 e. The van der Waals surface area contributed by atoms with Gasteiger partial charge >= 0.3 is 5.97 Å².